The van der Waals surface area contributed by atoms with E-state index in [1.807, 2.05) is 13.0 Å². The molecule has 0 spiro atoms. The number of ether oxygens (including phenoxy) is 2. The second-order valence-corrected chi connectivity index (χ2v) is 8.54. The summed E-state index contributed by atoms with van der Waals surface area (Å²) < 4.78 is 25.1. The molecule has 0 bridgehead atoms. The molecule has 2 heterocycles. The van der Waals surface area contributed by atoms with Gasteiger partial charge in [0.2, 0.25) is 5.91 Å². The van der Waals surface area contributed by atoms with Crippen LogP contribution in [0.4, 0.5) is 10.2 Å². The van der Waals surface area contributed by atoms with Gasteiger partial charge in [0, 0.05) is 18.1 Å². The molecule has 33 heavy (non-hydrogen) atoms. The van der Waals surface area contributed by atoms with Crippen molar-refractivity contribution < 1.29 is 18.7 Å². The Hall–Kier alpha value is -3.33. The van der Waals surface area contributed by atoms with E-state index >= 15 is 0 Å². The number of aromatic nitrogens is 2. The molecule has 7 nitrogen and oxygen atoms in total. The maximum atomic E-state index is 13.9. The van der Waals surface area contributed by atoms with Gasteiger partial charge in [-0.25, -0.2) is 9.37 Å². The summed E-state index contributed by atoms with van der Waals surface area (Å²) in [6.45, 7) is 2.57. The summed E-state index contributed by atoms with van der Waals surface area (Å²) in [5, 5.41) is 3.01. The summed E-state index contributed by atoms with van der Waals surface area (Å²) in [7, 11) is 1.55. The van der Waals surface area contributed by atoms with Crippen molar-refractivity contribution in [3.63, 3.8) is 0 Å². The average Bonchev–Trinajstić information content (AvgIpc) is 2.81. The van der Waals surface area contributed by atoms with Gasteiger partial charge in [-0.05, 0) is 35.7 Å². The third kappa shape index (κ3) is 5.03. The smallest absolute Gasteiger partial charge is 0.257 e. The van der Waals surface area contributed by atoms with Gasteiger partial charge < -0.3 is 19.8 Å². The number of carbonyl (C=O) groups excluding carboxylic acids is 1. The van der Waals surface area contributed by atoms with Crippen LogP contribution in [-0.4, -0.2) is 29.6 Å². The number of anilines is 1. The van der Waals surface area contributed by atoms with Gasteiger partial charge in [-0.3, -0.25) is 9.59 Å². The molecule has 1 atom stereocenters. The second-order valence-electron chi connectivity index (χ2n) is 7.58. The molecule has 0 radical (unpaired) electrons. The van der Waals surface area contributed by atoms with Crippen molar-refractivity contribution in [2.24, 2.45) is 0 Å². The first-order valence-electron chi connectivity index (χ1n) is 10.6. The average molecular weight is 470 g/mol. The van der Waals surface area contributed by atoms with E-state index in [9.17, 15) is 14.0 Å². The van der Waals surface area contributed by atoms with Crippen LogP contribution < -0.4 is 20.3 Å². The van der Waals surface area contributed by atoms with E-state index < -0.39 is 5.92 Å². The van der Waals surface area contributed by atoms with Crippen LogP contribution in [0.1, 0.15) is 42.4 Å². The van der Waals surface area contributed by atoms with E-state index in [1.165, 1.54) is 17.8 Å². The van der Waals surface area contributed by atoms with Crippen molar-refractivity contribution in [2.45, 2.75) is 36.6 Å². The first kappa shape index (κ1) is 22.8. The van der Waals surface area contributed by atoms with E-state index in [0.29, 0.717) is 40.1 Å². The number of aromatic amines is 1. The topological polar surface area (TPSA) is 93.3 Å². The minimum absolute atomic E-state index is 0.109. The second kappa shape index (κ2) is 10.1. The minimum Gasteiger partial charge on any atom is -0.493 e. The summed E-state index contributed by atoms with van der Waals surface area (Å²) in [6, 6.07) is 11.8. The van der Waals surface area contributed by atoms with Crippen molar-refractivity contribution in [1.29, 1.82) is 0 Å². The third-order valence-corrected chi connectivity index (χ3v) is 6.23. The summed E-state index contributed by atoms with van der Waals surface area (Å²) in [5.41, 5.74) is 1.30. The zero-order valence-electron chi connectivity index (χ0n) is 18.3. The number of H-pyrrole nitrogens is 1. The standard InChI is InChI=1S/C24H24FN3O4S/c1-3-10-32-18-9-8-14(11-19(18)31-2)16-12-20(29)26-22-21(16)23(30)28-24(27-22)33-13-15-6-4-5-7-17(15)25/h4-9,11,16H,3,10,12-13H2,1-2H3,(H2,26,27,28,29,30)/t16-/m0/s1. The first-order chi connectivity index (χ1) is 16.0. The number of halogens is 1. The van der Waals surface area contributed by atoms with Crippen LogP contribution in [0.2, 0.25) is 0 Å². The Kier molecular flexibility index (Phi) is 6.98. The van der Waals surface area contributed by atoms with Gasteiger partial charge in [-0.15, -0.1) is 0 Å². The maximum absolute atomic E-state index is 13.9. The Morgan fingerprint density at radius 1 is 1.18 bits per heavy atom. The fourth-order valence-electron chi connectivity index (χ4n) is 3.70. The van der Waals surface area contributed by atoms with Crippen LogP contribution in [0, 0.1) is 5.82 Å². The largest absolute Gasteiger partial charge is 0.493 e. The molecule has 1 aromatic heterocycles. The SMILES string of the molecule is CCCOc1ccc([C@@H]2CC(=O)Nc3nc(SCc4ccccc4F)[nH]c(=O)c32)cc1OC. The quantitative estimate of drug-likeness (QED) is 0.373. The Balaban J connectivity index is 1.64. The van der Waals surface area contributed by atoms with Gasteiger partial charge in [0.15, 0.2) is 16.7 Å². The fourth-order valence-corrected chi connectivity index (χ4v) is 4.54. The van der Waals surface area contributed by atoms with Crippen LogP contribution in [0.15, 0.2) is 52.4 Å². The van der Waals surface area contributed by atoms with Gasteiger partial charge >= 0.3 is 0 Å². The zero-order valence-corrected chi connectivity index (χ0v) is 19.1. The number of fused-ring (bicyclic) bond motifs is 1. The summed E-state index contributed by atoms with van der Waals surface area (Å²) in [5.74, 6) is 0.624. The Labute approximate surface area is 194 Å². The lowest BCUT2D eigenvalue weighted by Crippen LogP contribution is -2.31. The first-order valence-corrected chi connectivity index (χ1v) is 11.6. The lowest BCUT2D eigenvalue weighted by Gasteiger charge is -2.25. The molecule has 1 aliphatic rings. The molecular formula is C24H24FN3O4S. The van der Waals surface area contributed by atoms with E-state index in [1.54, 1.807) is 37.4 Å². The van der Waals surface area contributed by atoms with E-state index in [2.05, 4.69) is 15.3 Å². The highest BCUT2D eigenvalue weighted by atomic mass is 32.2. The molecule has 9 heteroatoms. The summed E-state index contributed by atoms with van der Waals surface area (Å²) in [6.07, 6.45) is 0.969. The van der Waals surface area contributed by atoms with Crippen molar-refractivity contribution in [3.8, 4) is 11.5 Å². The van der Waals surface area contributed by atoms with Crippen LogP contribution >= 0.6 is 11.8 Å². The van der Waals surface area contributed by atoms with Gasteiger partial charge in [0.1, 0.15) is 11.6 Å². The number of hydrogen-bond acceptors (Lipinski definition) is 6. The number of amides is 1. The molecule has 0 saturated carbocycles. The lowest BCUT2D eigenvalue weighted by atomic mass is 9.86. The highest BCUT2D eigenvalue weighted by Gasteiger charge is 2.31. The molecule has 1 aliphatic heterocycles. The van der Waals surface area contributed by atoms with Crippen LogP contribution in [0.5, 0.6) is 11.5 Å². The van der Waals surface area contributed by atoms with Gasteiger partial charge in [-0.1, -0.05) is 43.0 Å². The predicted octanol–water partition coefficient (Wildman–Crippen LogP) is 4.47. The number of benzene rings is 2. The Morgan fingerprint density at radius 2 is 2.00 bits per heavy atom. The van der Waals surface area contributed by atoms with Crippen LogP contribution in [-0.2, 0) is 10.5 Å². The summed E-state index contributed by atoms with van der Waals surface area (Å²) >= 11 is 1.19. The maximum Gasteiger partial charge on any atom is 0.257 e. The number of methoxy groups -OCH3 is 1. The molecule has 0 aliphatic carbocycles. The molecule has 4 rings (SSSR count). The van der Waals surface area contributed by atoms with Crippen molar-refractivity contribution >= 4 is 23.5 Å². The normalized spacial score (nSPS) is 15.0. The van der Waals surface area contributed by atoms with Crippen molar-refractivity contribution in [2.75, 3.05) is 19.0 Å². The third-order valence-electron chi connectivity index (χ3n) is 5.30. The lowest BCUT2D eigenvalue weighted by molar-refractivity contribution is -0.116. The van der Waals surface area contributed by atoms with E-state index in [0.717, 1.165) is 12.0 Å². The zero-order chi connectivity index (χ0) is 23.4. The van der Waals surface area contributed by atoms with Crippen LogP contribution in [0.25, 0.3) is 0 Å². The molecule has 0 saturated heterocycles. The van der Waals surface area contributed by atoms with E-state index in [4.69, 9.17) is 9.47 Å². The molecule has 2 aromatic carbocycles. The fraction of sp³-hybridized carbons (Fsp3) is 0.292. The molecule has 172 valence electrons. The van der Waals surface area contributed by atoms with Gasteiger partial charge in [-0.2, -0.15) is 0 Å². The molecule has 0 unspecified atom stereocenters. The number of nitrogens with one attached hydrogen (secondary N) is 2. The Morgan fingerprint density at radius 3 is 2.76 bits per heavy atom. The molecule has 3 aromatic rings. The number of thioether (sulfide) groups is 1. The molecular weight excluding hydrogens is 445 g/mol. The van der Waals surface area contributed by atoms with Crippen LogP contribution in [0.3, 0.4) is 0 Å². The molecule has 1 amide bonds. The van der Waals surface area contributed by atoms with E-state index in [-0.39, 0.29) is 29.5 Å². The van der Waals surface area contributed by atoms with Crippen molar-refractivity contribution in [3.05, 3.63) is 75.3 Å². The van der Waals surface area contributed by atoms with Crippen molar-refractivity contribution in [1.82, 2.24) is 9.97 Å². The highest BCUT2D eigenvalue weighted by Crippen LogP contribution is 2.38. The molecule has 2 N–H and O–H groups in total. The monoisotopic (exact) mass is 469 g/mol. The highest BCUT2D eigenvalue weighted by molar-refractivity contribution is 7.98. The molecule has 0 fully saturated rings. The van der Waals surface area contributed by atoms with Gasteiger partial charge in [0.05, 0.1) is 19.3 Å². The Bertz CT molecular complexity index is 1230. The predicted molar refractivity (Wildman–Crippen MR) is 125 cm³/mol. The van der Waals surface area contributed by atoms with Gasteiger partial charge in [0.25, 0.3) is 5.56 Å². The summed E-state index contributed by atoms with van der Waals surface area (Å²) in [4.78, 5) is 32.7. The number of rotatable bonds is 8. The number of carbonyl (C=O) groups is 1. The number of nitrogens with zero attached hydrogens (tertiary/aromatic N) is 1. The minimum atomic E-state index is -0.482. The number of hydrogen-bond donors (Lipinski definition) is 2.